The molecule has 12 nitrogen and oxygen atoms in total. The number of aromatic nitrogens is 2. The monoisotopic (exact) mass is 651 g/mol. The molecule has 0 aromatic carbocycles. The van der Waals surface area contributed by atoms with Gasteiger partial charge in [-0.25, -0.2) is 14.3 Å². The third-order valence-corrected chi connectivity index (χ3v) is 9.53. The number of carbonyl (C=O) groups excluding carboxylic acids is 2. The number of thioether (sulfide) groups is 1. The van der Waals surface area contributed by atoms with Crippen LogP contribution >= 0.6 is 30.0 Å². The van der Waals surface area contributed by atoms with E-state index in [0.29, 0.717) is 10.8 Å². The van der Waals surface area contributed by atoms with Crippen molar-refractivity contribution in [1.29, 1.82) is 0 Å². The zero-order chi connectivity index (χ0) is 30.6. The minimum Gasteiger partial charge on any atom is -0.462 e. The van der Waals surface area contributed by atoms with Crippen LogP contribution in [0.25, 0.3) is 0 Å². The Morgan fingerprint density at radius 2 is 1.98 bits per heavy atom. The van der Waals surface area contributed by atoms with E-state index in [1.807, 2.05) is 0 Å². The van der Waals surface area contributed by atoms with Crippen LogP contribution in [0.3, 0.4) is 0 Å². The number of hydrogen-bond acceptors (Lipinski definition) is 11. The number of ether oxygens (including phenoxy) is 2. The SMILES string of the molecule is CC(C)OC(=O)[C@H](C)N[P@](=S)(OCCSC(=O)C(C)(C)C)OC[C@H]1O[C@@H](n2cc(F)c(=O)[nH]c2=O)[C@](F)(Cl)[C@@H]1O. The van der Waals surface area contributed by atoms with Crippen LogP contribution < -0.4 is 16.3 Å². The van der Waals surface area contributed by atoms with Gasteiger partial charge in [0.1, 0.15) is 18.2 Å². The molecule has 0 amide bonds. The van der Waals surface area contributed by atoms with Crippen LogP contribution in [0, 0.1) is 11.2 Å². The fourth-order valence-corrected chi connectivity index (χ4v) is 6.72. The summed E-state index contributed by atoms with van der Waals surface area (Å²) in [5, 5.41) is 10.0. The van der Waals surface area contributed by atoms with E-state index >= 15 is 4.39 Å². The topological polar surface area (TPSA) is 158 Å². The van der Waals surface area contributed by atoms with Gasteiger partial charge in [0.25, 0.3) is 17.3 Å². The van der Waals surface area contributed by atoms with Crippen molar-refractivity contribution >= 4 is 52.9 Å². The van der Waals surface area contributed by atoms with Crippen molar-refractivity contribution in [3.05, 3.63) is 32.9 Å². The van der Waals surface area contributed by atoms with Gasteiger partial charge in [-0.2, -0.15) is 4.39 Å². The molecule has 0 radical (unpaired) electrons. The van der Waals surface area contributed by atoms with Gasteiger partial charge in [-0.05, 0) is 32.6 Å². The standard InChI is InChI=1S/C22H33ClF2N3O9PS2/c1-11(2)36-17(31)12(3)27-38(39,34-7-8-40-19(32)21(4,5)6)35-10-14-15(29)22(23,25)18(37-14)28-9-13(24)16(30)26-20(28)33/h9,11-12,14-15,18,29H,7-8,10H2,1-6H3,(H,27,39)(H,26,30,33)/t12-,14+,15+,18+,22-,38-/m0/s1. The third kappa shape index (κ3) is 9.13. The highest BCUT2D eigenvalue weighted by Crippen LogP contribution is 2.48. The maximum atomic E-state index is 15.3. The van der Waals surface area contributed by atoms with Gasteiger partial charge in [-0.1, -0.05) is 44.1 Å². The highest BCUT2D eigenvalue weighted by Gasteiger charge is 2.58. The molecule has 2 rings (SSSR count). The second-order valence-electron chi connectivity index (χ2n) is 10.1. The van der Waals surface area contributed by atoms with Crippen molar-refractivity contribution in [3.63, 3.8) is 0 Å². The Kier molecular flexibility index (Phi) is 12.1. The highest BCUT2D eigenvalue weighted by molar-refractivity contribution is 8.13. The molecule has 1 fully saturated rings. The van der Waals surface area contributed by atoms with E-state index in [1.54, 1.807) is 39.6 Å². The summed E-state index contributed by atoms with van der Waals surface area (Å²) in [5.41, 5.74) is -3.16. The van der Waals surface area contributed by atoms with Crippen molar-refractivity contribution in [2.75, 3.05) is 19.0 Å². The van der Waals surface area contributed by atoms with E-state index in [0.717, 1.165) is 11.8 Å². The summed E-state index contributed by atoms with van der Waals surface area (Å²) in [6.07, 6.45) is -5.72. The quantitative estimate of drug-likeness (QED) is 0.131. The highest BCUT2D eigenvalue weighted by atomic mass is 35.5. The van der Waals surface area contributed by atoms with Crippen LogP contribution in [-0.2, 0) is 39.9 Å². The average Bonchev–Trinajstić information content (AvgIpc) is 3.05. The largest absolute Gasteiger partial charge is 0.462 e. The molecule has 1 aromatic rings. The summed E-state index contributed by atoms with van der Waals surface area (Å²) in [4.78, 5) is 49.6. The Balaban J connectivity index is 2.19. The van der Waals surface area contributed by atoms with Gasteiger partial charge in [-0.3, -0.25) is 23.9 Å². The smallest absolute Gasteiger partial charge is 0.330 e. The molecule has 1 aliphatic heterocycles. The van der Waals surface area contributed by atoms with Crippen molar-refractivity contribution in [2.24, 2.45) is 5.41 Å². The Hall–Kier alpha value is -1.23. The lowest BCUT2D eigenvalue weighted by molar-refractivity contribution is -0.149. The predicted octanol–water partition coefficient (Wildman–Crippen LogP) is 2.33. The van der Waals surface area contributed by atoms with Crippen molar-refractivity contribution < 1.29 is 42.0 Å². The number of esters is 1. The summed E-state index contributed by atoms with van der Waals surface area (Å²) in [6.45, 7) is 5.75. The lowest BCUT2D eigenvalue weighted by atomic mass is 10.00. The molecule has 6 atom stereocenters. The number of carbonyl (C=O) groups is 2. The lowest BCUT2D eigenvalue weighted by Gasteiger charge is -2.28. The van der Waals surface area contributed by atoms with E-state index in [2.05, 4.69) is 5.09 Å². The first-order valence-corrected chi connectivity index (χ1v) is 16.1. The van der Waals surface area contributed by atoms with Crippen LogP contribution in [0.15, 0.2) is 15.8 Å². The Morgan fingerprint density at radius 1 is 1.35 bits per heavy atom. The Labute approximate surface area is 243 Å². The normalized spacial score (nSPS) is 25.5. The molecule has 0 saturated carbocycles. The van der Waals surface area contributed by atoms with Crippen LogP contribution in [0.2, 0.25) is 0 Å². The van der Waals surface area contributed by atoms with E-state index in [1.165, 1.54) is 6.92 Å². The van der Waals surface area contributed by atoms with Crippen molar-refractivity contribution in [1.82, 2.24) is 14.6 Å². The zero-order valence-electron chi connectivity index (χ0n) is 22.6. The zero-order valence-corrected chi connectivity index (χ0v) is 25.9. The first-order valence-electron chi connectivity index (χ1n) is 12.1. The number of aliphatic hydroxyl groups is 1. The fraction of sp³-hybridized carbons (Fsp3) is 0.727. The minimum atomic E-state index is -3.58. The van der Waals surface area contributed by atoms with Crippen LogP contribution in [-0.4, -0.2) is 74.2 Å². The second kappa shape index (κ2) is 13.8. The summed E-state index contributed by atoms with van der Waals surface area (Å²) < 4.78 is 51.4. The third-order valence-electron chi connectivity index (χ3n) is 5.21. The Morgan fingerprint density at radius 3 is 2.55 bits per heavy atom. The molecule has 1 aromatic heterocycles. The lowest BCUT2D eigenvalue weighted by Crippen LogP contribution is -2.42. The molecule has 1 saturated heterocycles. The molecule has 0 spiro atoms. The average molecular weight is 652 g/mol. The number of aliphatic hydroxyl groups excluding tert-OH is 1. The van der Waals surface area contributed by atoms with Gasteiger partial charge in [0.2, 0.25) is 5.82 Å². The summed E-state index contributed by atoms with van der Waals surface area (Å²) in [7, 11) is 0. The fourth-order valence-electron chi connectivity index (χ4n) is 3.16. The van der Waals surface area contributed by atoms with E-state index in [4.69, 9.17) is 41.9 Å². The molecule has 2 heterocycles. The predicted molar refractivity (Wildman–Crippen MR) is 148 cm³/mol. The number of nitrogens with one attached hydrogen (secondary N) is 2. The van der Waals surface area contributed by atoms with Gasteiger partial charge in [-0.15, -0.1) is 0 Å². The van der Waals surface area contributed by atoms with Crippen molar-refractivity contribution in [3.8, 4) is 0 Å². The van der Waals surface area contributed by atoms with Gasteiger partial charge in [0.15, 0.2) is 11.3 Å². The van der Waals surface area contributed by atoms with E-state index < -0.39 is 77.4 Å². The van der Waals surface area contributed by atoms with Gasteiger partial charge < -0.3 is 23.6 Å². The van der Waals surface area contributed by atoms with Crippen molar-refractivity contribution in [2.45, 2.75) is 77.3 Å². The summed E-state index contributed by atoms with van der Waals surface area (Å²) in [5.74, 6) is -1.87. The molecule has 0 aliphatic carbocycles. The first-order chi connectivity index (χ1) is 18.3. The second-order valence-corrected chi connectivity index (χ2v) is 15.0. The number of hydrogen-bond donors (Lipinski definition) is 3. The molecule has 18 heteroatoms. The first kappa shape index (κ1) is 35.0. The number of alkyl halides is 2. The summed E-state index contributed by atoms with van der Waals surface area (Å²) in [6, 6.07) is -1.00. The molecule has 40 heavy (non-hydrogen) atoms. The maximum Gasteiger partial charge on any atom is 0.330 e. The molecular weight excluding hydrogens is 619 g/mol. The number of nitrogens with zero attached hydrogens (tertiary/aromatic N) is 1. The number of rotatable bonds is 12. The molecular formula is C22H33ClF2N3O9PS2. The van der Waals surface area contributed by atoms with E-state index in [-0.39, 0.29) is 17.5 Å². The number of aromatic amines is 1. The van der Waals surface area contributed by atoms with Crippen LogP contribution in [0.5, 0.6) is 0 Å². The molecule has 0 bridgehead atoms. The van der Waals surface area contributed by atoms with Crippen LogP contribution in [0.1, 0.15) is 47.8 Å². The van der Waals surface area contributed by atoms with E-state index in [9.17, 15) is 28.7 Å². The molecule has 3 N–H and O–H groups in total. The molecule has 228 valence electrons. The summed E-state index contributed by atoms with van der Waals surface area (Å²) >= 11 is 12.4. The Bertz CT molecular complexity index is 1240. The minimum absolute atomic E-state index is 0.0754. The molecule has 0 unspecified atom stereocenters. The number of halogens is 3. The van der Waals surface area contributed by atoms with Gasteiger partial charge in [0, 0.05) is 11.2 Å². The van der Waals surface area contributed by atoms with Crippen LogP contribution in [0.4, 0.5) is 8.78 Å². The van der Waals surface area contributed by atoms with Gasteiger partial charge in [0.05, 0.1) is 25.5 Å². The number of H-pyrrole nitrogens is 1. The van der Waals surface area contributed by atoms with Gasteiger partial charge >= 0.3 is 11.7 Å². The maximum absolute atomic E-state index is 15.3. The molecule has 1 aliphatic rings.